The smallest absolute Gasteiger partial charge is 0.336 e. The first kappa shape index (κ1) is 18.3. The normalized spacial score (nSPS) is 10.7. The lowest BCUT2D eigenvalue weighted by atomic mass is 9.91. The molecule has 0 aliphatic heterocycles. The molecule has 128 valence electrons. The molecule has 0 atom stereocenters. The first-order valence-electron chi connectivity index (χ1n) is 9.14. The van der Waals surface area contributed by atoms with Crippen LogP contribution in [0.2, 0.25) is 0 Å². The summed E-state index contributed by atoms with van der Waals surface area (Å²) in [6, 6.07) is 15.5. The average Bonchev–Trinajstić information content (AvgIpc) is 2.61. The summed E-state index contributed by atoms with van der Waals surface area (Å²) in [5.74, 6) is -0.852. The average molecular weight is 324 g/mol. The van der Waals surface area contributed by atoms with Gasteiger partial charge in [-0.3, -0.25) is 0 Å². The molecule has 0 aliphatic carbocycles. The molecule has 0 saturated heterocycles. The van der Waals surface area contributed by atoms with Crippen molar-refractivity contribution in [1.82, 2.24) is 0 Å². The number of aryl methyl sites for hydroxylation is 1. The van der Waals surface area contributed by atoms with E-state index in [0.717, 1.165) is 29.5 Å². The quantitative estimate of drug-likeness (QED) is 0.517. The second kappa shape index (κ2) is 9.92. The van der Waals surface area contributed by atoms with E-state index in [9.17, 15) is 9.90 Å². The molecule has 2 aromatic carbocycles. The van der Waals surface area contributed by atoms with Gasteiger partial charge in [-0.2, -0.15) is 0 Å². The van der Waals surface area contributed by atoms with Gasteiger partial charge in [-0.05, 0) is 35.6 Å². The SMILES string of the molecule is CCCCCCCCCc1cccc(C(=O)O)c1-c1ccccc1. The fraction of sp³-hybridized carbons (Fsp3) is 0.409. The number of hydrogen-bond acceptors (Lipinski definition) is 1. The second-order valence-corrected chi connectivity index (χ2v) is 6.38. The highest BCUT2D eigenvalue weighted by Gasteiger charge is 2.15. The minimum absolute atomic E-state index is 0.404. The molecular weight excluding hydrogens is 296 g/mol. The van der Waals surface area contributed by atoms with Crippen molar-refractivity contribution >= 4 is 5.97 Å². The van der Waals surface area contributed by atoms with Gasteiger partial charge in [0.1, 0.15) is 0 Å². The van der Waals surface area contributed by atoms with Crippen molar-refractivity contribution in [3.8, 4) is 11.1 Å². The van der Waals surface area contributed by atoms with Gasteiger partial charge in [0.2, 0.25) is 0 Å². The van der Waals surface area contributed by atoms with Gasteiger partial charge in [-0.25, -0.2) is 4.79 Å². The van der Waals surface area contributed by atoms with Crippen LogP contribution in [0.5, 0.6) is 0 Å². The number of carboxylic acids is 1. The predicted molar refractivity (Wildman–Crippen MR) is 101 cm³/mol. The number of benzene rings is 2. The predicted octanol–water partition coefficient (Wildman–Crippen LogP) is 6.34. The Kier molecular flexibility index (Phi) is 7.54. The Bertz CT molecular complexity index is 632. The molecule has 0 aliphatic rings. The van der Waals surface area contributed by atoms with Crippen LogP contribution in [0.3, 0.4) is 0 Å². The molecule has 24 heavy (non-hydrogen) atoms. The van der Waals surface area contributed by atoms with Crippen LogP contribution in [0.25, 0.3) is 11.1 Å². The molecule has 0 saturated carbocycles. The van der Waals surface area contributed by atoms with E-state index in [1.54, 1.807) is 6.07 Å². The number of aromatic carboxylic acids is 1. The number of rotatable bonds is 10. The summed E-state index contributed by atoms with van der Waals surface area (Å²) in [6.07, 6.45) is 9.82. The van der Waals surface area contributed by atoms with Gasteiger partial charge in [0.05, 0.1) is 5.56 Å². The van der Waals surface area contributed by atoms with Crippen LogP contribution in [0.4, 0.5) is 0 Å². The molecule has 0 aromatic heterocycles. The Morgan fingerprint density at radius 1 is 0.833 bits per heavy atom. The van der Waals surface area contributed by atoms with Gasteiger partial charge >= 0.3 is 5.97 Å². The number of hydrogen-bond donors (Lipinski definition) is 1. The summed E-state index contributed by atoms with van der Waals surface area (Å²) in [7, 11) is 0. The Morgan fingerprint density at radius 3 is 2.17 bits per heavy atom. The fourth-order valence-electron chi connectivity index (χ4n) is 3.20. The zero-order chi connectivity index (χ0) is 17.2. The summed E-state index contributed by atoms with van der Waals surface area (Å²) in [5.41, 5.74) is 3.43. The minimum Gasteiger partial charge on any atom is -0.478 e. The van der Waals surface area contributed by atoms with Crippen LogP contribution >= 0.6 is 0 Å². The second-order valence-electron chi connectivity index (χ2n) is 6.38. The standard InChI is InChI=1S/C22H28O2/c1-2-3-4-5-6-7-9-13-19-16-12-17-20(22(23)24)21(19)18-14-10-8-11-15-18/h8,10-12,14-17H,2-7,9,13H2,1H3,(H,23,24). The van der Waals surface area contributed by atoms with Crippen LogP contribution in [0.15, 0.2) is 48.5 Å². The van der Waals surface area contributed by atoms with Gasteiger partial charge in [0, 0.05) is 0 Å². The molecule has 2 nitrogen and oxygen atoms in total. The molecular formula is C22H28O2. The van der Waals surface area contributed by atoms with Gasteiger partial charge in [0.15, 0.2) is 0 Å². The van der Waals surface area contributed by atoms with Crippen LogP contribution < -0.4 is 0 Å². The Labute approximate surface area is 145 Å². The lowest BCUT2D eigenvalue weighted by Gasteiger charge is -2.13. The third kappa shape index (κ3) is 5.23. The summed E-state index contributed by atoms with van der Waals surface area (Å²) in [6.45, 7) is 2.24. The van der Waals surface area contributed by atoms with E-state index in [1.807, 2.05) is 36.4 Å². The molecule has 0 fully saturated rings. The van der Waals surface area contributed by atoms with Gasteiger partial charge in [-0.15, -0.1) is 0 Å². The highest BCUT2D eigenvalue weighted by Crippen LogP contribution is 2.29. The molecule has 0 radical (unpaired) electrons. The van der Waals surface area contributed by atoms with Crippen molar-refractivity contribution in [2.75, 3.05) is 0 Å². The van der Waals surface area contributed by atoms with Crippen molar-refractivity contribution in [1.29, 1.82) is 0 Å². The van der Waals surface area contributed by atoms with Crippen molar-refractivity contribution in [3.05, 3.63) is 59.7 Å². The highest BCUT2D eigenvalue weighted by molar-refractivity contribution is 5.97. The zero-order valence-electron chi connectivity index (χ0n) is 14.6. The maximum atomic E-state index is 11.6. The number of unbranched alkanes of at least 4 members (excludes halogenated alkanes) is 6. The minimum atomic E-state index is -0.852. The lowest BCUT2D eigenvalue weighted by Crippen LogP contribution is -2.03. The van der Waals surface area contributed by atoms with Gasteiger partial charge in [0.25, 0.3) is 0 Å². The largest absolute Gasteiger partial charge is 0.478 e. The first-order valence-corrected chi connectivity index (χ1v) is 9.14. The Hall–Kier alpha value is -2.09. The van der Waals surface area contributed by atoms with Crippen LogP contribution in [0.1, 0.15) is 67.8 Å². The molecule has 0 spiro atoms. The van der Waals surface area contributed by atoms with E-state index < -0.39 is 5.97 Å². The van der Waals surface area contributed by atoms with Crippen LogP contribution in [0, 0.1) is 0 Å². The summed E-state index contributed by atoms with van der Waals surface area (Å²) in [5, 5.41) is 9.54. The van der Waals surface area contributed by atoms with E-state index in [0.29, 0.717) is 5.56 Å². The Morgan fingerprint density at radius 2 is 1.50 bits per heavy atom. The van der Waals surface area contributed by atoms with Crippen molar-refractivity contribution in [2.24, 2.45) is 0 Å². The zero-order valence-corrected chi connectivity index (χ0v) is 14.6. The summed E-state index contributed by atoms with van der Waals surface area (Å²) < 4.78 is 0. The van der Waals surface area contributed by atoms with E-state index in [1.165, 1.54) is 38.5 Å². The molecule has 0 heterocycles. The molecule has 1 N–H and O–H groups in total. The van der Waals surface area contributed by atoms with Crippen LogP contribution in [-0.4, -0.2) is 11.1 Å². The van der Waals surface area contributed by atoms with Crippen molar-refractivity contribution < 1.29 is 9.90 Å². The molecule has 2 heteroatoms. The topological polar surface area (TPSA) is 37.3 Å². The summed E-state index contributed by atoms with van der Waals surface area (Å²) in [4.78, 5) is 11.6. The first-order chi connectivity index (χ1) is 11.7. The fourth-order valence-corrected chi connectivity index (χ4v) is 3.20. The third-order valence-corrected chi connectivity index (χ3v) is 4.49. The third-order valence-electron chi connectivity index (χ3n) is 4.49. The molecule has 2 aromatic rings. The van der Waals surface area contributed by atoms with Gasteiger partial charge in [-0.1, -0.05) is 87.9 Å². The van der Waals surface area contributed by atoms with Crippen molar-refractivity contribution in [2.45, 2.75) is 58.3 Å². The van der Waals surface area contributed by atoms with E-state index in [-0.39, 0.29) is 0 Å². The molecule has 0 unspecified atom stereocenters. The van der Waals surface area contributed by atoms with Gasteiger partial charge < -0.3 is 5.11 Å². The number of carboxylic acid groups (broad SMARTS) is 1. The van der Waals surface area contributed by atoms with Crippen molar-refractivity contribution in [3.63, 3.8) is 0 Å². The van der Waals surface area contributed by atoms with Crippen LogP contribution in [-0.2, 0) is 6.42 Å². The monoisotopic (exact) mass is 324 g/mol. The Balaban J connectivity index is 2.07. The maximum Gasteiger partial charge on any atom is 0.336 e. The van der Waals surface area contributed by atoms with E-state index in [4.69, 9.17) is 0 Å². The maximum absolute atomic E-state index is 11.6. The molecule has 2 rings (SSSR count). The number of carbonyl (C=O) groups is 1. The summed E-state index contributed by atoms with van der Waals surface area (Å²) >= 11 is 0. The lowest BCUT2D eigenvalue weighted by molar-refractivity contribution is 0.0697. The highest BCUT2D eigenvalue weighted by atomic mass is 16.4. The molecule has 0 amide bonds. The molecule has 0 bridgehead atoms. The van der Waals surface area contributed by atoms with E-state index >= 15 is 0 Å². The van der Waals surface area contributed by atoms with E-state index in [2.05, 4.69) is 13.0 Å².